The Balaban J connectivity index is 1.95. The van der Waals surface area contributed by atoms with E-state index < -0.39 is 10.0 Å². The fourth-order valence-electron chi connectivity index (χ4n) is 1.92. The molecule has 102 valence electrons. The molecule has 6 heteroatoms. The molecular weight excluding hydrogens is 268 g/mol. The summed E-state index contributed by atoms with van der Waals surface area (Å²) in [5.41, 5.74) is 0. The van der Waals surface area contributed by atoms with E-state index >= 15 is 0 Å². The Morgan fingerprint density at radius 2 is 2.22 bits per heavy atom. The molecule has 0 spiro atoms. The van der Waals surface area contributed by atoms with Crippen molar-refractivity contribution in [3.8, 4) is 0 Å². The normalized spacial score (nSPS) is 17.9. The highest BCUT2D eigenvalue weighted by Gasteiger charge is 2.28. The van der Waals surface area contributed by atoms with Crippen LogP contribution in [0.2, 0.25) is 0 Å². The van der Waals surface area contributed by atoms with Gasteiger partial charge in [-0.1, -0.05) is 6.92 Å². The third kappa shape index (κ3) is 3.54. The number of rotatable bonds is 7. The monoisotopic (exact) mass is 288 g/mol. The number of hydrogen-bond acceptors (Lipinski definition) is 4. The summed E-state index contributed by atoms with van der Waals surface area (Å²) in [6.45, 7) is 3.36. The molecule has 0 bridgehead atoms. The Morgan fingerprint density at radius 3 is 2.83 bits per heavy atom. The number of nitrogens with one attached hydrogen (secondary N) is 2. The topological polar surface area (TPSA) is 58.2 Å². The van der Waals surface area contributed by atoms with Gasteiger partial charge in [-0.05, 0) is 37.8 Å². The average Bonchev–Trinajstić information content (AvgIpc) is 3.07. The molecule has 1 saturated carbocycles. The quantitative estimate of drug-likeness (QED) is 0.804. The number of thiophene rings is 1. The lowest BCUT2D eigenvalue weighted by atomic mass is 10.1. The summed E-state index contributed by atoms with van der Waals surface area (Å²) in [6, 6.07) is 1.74. The SMILES string of the molecule is CNCc1cc(S(=O)(=O)NCC(C)C2CC2)cs1. The second-order valence-corrected chi connectivity index (χ2v) is 7.71. The fraction of sp³-hybridized carbons (Fsp3) is 0.667. The fourth-order valence-corrected chi connectivity index (χ4v) is 4.36. The zero-order valence-corrected chi connectivity index (χ0v) is 12.4. The van der Waals surface area contributed by atoms with Crippen LogP contribution in [0.15, 0.2) is 16.3 Å². The molecule has 1 fully saturated rings. The summed E-state index contributed by atoms with van der Waals surface area (Å²) in [6.07, 6.45) is 2.49. The van der Waals surface area contributed by atoms with Crippen molar-refractivity contribution < 1.29 is 8.42 Å². The summed E-state index contributed by atoms with van der Waals surface area (Å²) in [7, 11) is -1.48. The smallest absolute Gasteiger partial charge is 0.241 e. The van der Waals surface area contributed by atoms with E-state index in [-0.39, 0.29) is 0 Å². The number of sulfonamides is 1. The van der Waals surface area contributed by atoms with Crippen LogP contribution in [0.1, 0.15) is 24.6 Å². The van der Waals surface area contributed by atoms with Crippen molar-refractivity contribution in [1.29, 1.82) is 0 Å². The van der Waals surface area contributed by atoms with Crippen LogP contribution in [-0.4, -0.2) is 22.0 Å². The lowest BCUT2D eigenvalue weighted by molar-refractivity contribution is 0.492. The van der Waals surface area contributed by atoms with E-state index in [4.69, 9.17) is 0 Å². The van der Waals surface area contributed by atoms with Gasteiger partial charge in [0.2, 0.25) is 10.0 Å². The van der Waals surface area contributed by atoms with Gasteiger partial charge in [0.25, 0.3) is 0 Å². The summed E-state index contributed by atoms with van der Waals surface area (Å²) >= 11 is 1.47. The van der Waals surface area contributed by atoms with Crippen molar-refractivity contribution in [1.82, 2.24) is 10.0 Å². The van der Waals surface area contributed by atoms with Gasteiger partial charge >= 0.3 is 0 Å². The Morgan fingerprint density at radius 1 is 1.50 bits per heavy atom. The summed E-state index contributed by atoms with van der Waals surface area (Å²) in [4.78, 5) is 1.42. The van der Waals surface area contributed by atoms with E-state index in [1.807, 2.05) is 7.05 Å². The molecular formula is C12H20N2O2S2. The van der Waals surface area contributed by atoms with Crippen molar-refractivity contribution in [3.05, 3.63) is 16.3 Å². The van der Waals surface area contributed by atoms with E-state index in [1.165, 1.54) is 24.2 Å². The van der Waals surface area contributed by atoms with Gasteiger partial charge < -0.3 is 5.32 Å². The highest BCUT2D eigenvalue weighted by Crippen LogP contribution is 2.36. The minimum Gasteiger partial charge on any atom is -0.315 e. The van der Waals surface area contributed by atoms with Crippen LogP contribution in [0.3, 0.4) is 0 Å². The molecule has 0 amide bonds. The van der Waals surface area contributed by atoms with Gasteiger partial charge in [0.15, 0.2) is 0 Å². The largest absolute Gasteiger partial charge is 0.315 e. The van der Waals surface area contributed by atoms with Gasteiger partial charge in [-0.15, -0.1) is 11.3 Å². The van der Waals surface area contributed by atoms with Crippen molar-refractivity contribution in [2.45, 2.75) is 31.2 Å². The Bertz CT molecular complexity index is 492. The second kappa shape index (κ2) is 5.69. The average molecular weight is 288 g/mol. The summed E-state index contributed by atoms with van der Waals surface area (Å²) in [5, 5.41) is 4.72. The highest BCUT2D eigenvalue weighted by molar-refractivity contribution is 7.89. The van der Waals surface area contributed by atoms with Crippen LogP contribution in [0.4, 0.5) is 0 Å². The molecule has 1 aromatic rings. The Hall–Kier alpha value is -0.430. The first-order valence-electron chi connectivity index (χ1n) is 6.24. The standard InChI is InChI=1S/C12H20N2O2S2/c1-9(10-3-4-10)6-14-18(15,16)12-5-11(7-13-2)17-8-12/h5,8-10,13-14H,3-4,6-7H2,1-2H3. The van der Waals surface area contributed by atoms with Crippen LogP contribution in [0, 0.1) is 11.8 Å². The maximum absolute atomic E-state index is 12.1. The number of hydrogen-bond donors (Lipinski definition) is 2. The molecule has 0 aliphatic heterocycles. The Kier molecular flexibility index (Phi) is 4.42. The first-order valence-corrected chi connectivity index (χ1v) is 8.61. The predicted octanol–water partition coefficient (Wildman–Crippen LogP) is 1.79. The molecule has 2 N–H and O–H groups in total. The zero-order chi connectivity index (χ0) is 13.2. The minimum absolute atomic E-state index is 0.390. The zero-order valence-electron chi connectivity index (χ0n) is 10.8. The second-order valence-electron chi connectivity index (χ2n) is 4.95. The lowest BCUT2D eigenvalue weighted by Crippen LogP contribution is -2.28. The first-order chi connectivity index (χ1) is 8.53. The molecule has 1 atom stereocenters. The van der Waals surface area contributed by atoms with E-state index in [0.717, 1.165) is 10.8 Å². The molecule has 1 aromatic heterocycles. The van der Waals surface area contributed by atoms with Crippen molar-refractivity contribution in [2.24, 2.45) is 11.8 Å². The van der Waals surface area contributed by atoms with Gasteiger partial charge in [0, 0.05) is 23.3 Å². The van der Waals surface area contributed by atoms with Crippen LogP contribution in [0.5, 0.6) is 0 Å². The van der Waals surface area contributed by atoms with Crippen LogP contribution >= 0.6 is 11.3 Å². The maximum Gasteiger partial charge on any atom is 0.241 e. The highest BCUT2D eigenvalue weighted by atomic mass is 32.2. The van der Waals surface area contributed by atoms with Gasteiger partial charge in [0.05, 0.1) is 4.90 Å². The molecule has 18 heavy (non-hydrogen) atoms. The van der Waals surface area contributed by atoms with E-state index in [9.17, 15) is 8.42 Å². The van der Waals surface area contributed by atoms with E-state index in [2.05, 4.69) is 17.0 Å². The minimum atomic E-state index is -3.33. The summed E-state index contributed by atoms with van der Waals surface area (Å²) in [5.74, 6) is 1.16. The maximum atomic E-state index is 12.1. The molecule has 0 saturated heterocycles. The molecule has 0 aromatic carbocycles. The van der Waals surface area contributed by atoms with Crippen LogP contribution in [-0.2, 0) is 16.6 Å². The van der Waals surface area contributed by atoms with Crippen molar-refractivity contribution in [3.63, 3.8) is 0 Å². The Labute approximate surface area is 113 Å². The van der Waals surface area contributed by atoms with Gasteiger partial charge in [-0.3, -0.25) is 0 Å². The van der Waals surface area contributed by atoms with Crippen molar-refractivity contribution >= 4 is 21.4 Å². The van der Waals surface area contributed by atoms with Gasteiger partial charge in [0.1, 0.15) is 0 Å². The molecule has 0 radical (unpaired) electrons. The van der Waals surface area contributed by atoms with Crippen molar-refractivity contribution in [2.75, 3.05) is 13.6 Å². The predicted molar refractivity (Wildman–Crippen MR) is 74.2 cm³/mol. The van der Waals surface area contributed by atoms with Gasteiger partial charge in [-0.25, -0.2) is 13.1 Å². The van der Waals surface area contributed by atoms with Crippen LogP contribution in [0.25, 0.3) is 0 Å². The first kappa shape index (κ1) is 14.0. The molecule has 1 unspecified atom stereocenters. The van der Waals surface area contributed by atoms with E-state index in [0.29, 0.717) is 23.9 Å². The van der Waals surface area contributed by atoms with Crippen LogP contribution < -0.4 is 10.0 Å². The molecule has 1 aliphatic carbocycles. The molecule has 1 heterocycles. The molecule has 2 rings (SSSR count). The lowest BCUT2D eigenvalue weighted by Gasteiger charge is -2.10. The van der Waals surface area contributed by atoms with Gasteiger partial charge in [-0.2, -0.15) is 0 Å². The summed E-state index contributed by atoms with van der Waals surface area (Å²) < 4.78 is 26.9. The molecule has 1 aliphatic rings. The van der Waals surface area contributed by atoms with E-state index in [1.54, 1.807) is 11.4 Å². The molecule has 4 nitrogen and oxygen atoms in total. The third-order valence-electron chi connectivity index (χ3n) is 3.31. The third-order valence-corrected chi connectivity index (χ3v) is 5.80.